The normalized spacial score (nSPS) is 35.1. The summed E-state index contributed by atoms with van der Waals surface area (Å²) < 4.78 is 6.19. The summed E-state index contributed by atoms with van der Waals surface area (Å²) >= 11 is 2.09. The van der Waals surface area contributed by atoms with E-state index in [1.165, 1.54) is 56.8 Å². The molecule has 1 spiro atoms. The van der Waals surface area contributed by atoms with Crippen LogP contribution in [0.3, 0.4) is 0 Å². The fourth-order valence-corrected chi connectivity index (χ4v) is 5.16. The zero-order valence-electron chi connectivity index (χ0n) is 13.6. The number of hydrogen-bond acceptors (Lipinski definition) is 5. The van der Waals surface area contributed by atoms with E-state index in [9.17, 15) is 0 Å². The summed E-state index contributed by atoms with van der Waals surface area (Å²) in [5, 5.41) is 3.86. The van der Waals surface area contributed by atoms with Crippen molar-refractivity contribution < 1.29 is 4.74 Å². The van der Waals surface area contributed by atoms with Gasteiger partial charge in [-0.3, -0.25) is 4.90 Å². The van der Waals surface area contributed by atoms with Crippen LogP contribution in [0.2, 0.25) is 0 Å². The van der Waals surface area contributed by atoms with E-state index in [1.54, 1.807) is 0 Å². The van der Waals surface area contributed by atoms with E-state index in [0.29, 0.717) is 12.1 Å². The van der Waals surface area contributed by atoms with E-state index < -0.39 is 0 Å². The zero-order chi connectivity index (χ0) is 14.7. The van der Waals surface area contributed by atoms with Gasteiger partial charge >= 0.3 is 0 Å². The minimum absolute atomic E-state index is 0.205. The highest BCUT2D eigenvalue weighted by Crippen LogP contribution is 2.37. The number of hydrogen-bond donors (Lipinski definition) is 1. The van der Waals surface area contributed by atoms with Gasteiger partial charge in [0.25, 0.3) is 0 Å². The third-order valence-electron chi connectivity index (χ3n) is 5.52. The van der Waals surface area contributed by atoms with Gasteiger partial charge in [0.05, 0.1) is 5.60 Å². The molecule has 0 aromatic heterocycles. The van der Waals surface area contributed by atoms with E-state index in [0.717, 1.165) is 13.2 Å². The number of nitrogens with one attached hydrogen (secondary N) is 1. The summed E-state index contributed by atoms with van der Waals surface area (Å²) in [6.07, 6.45) is 4.91. The summed E-state index contributed by atoms with van der Waals surface area (Å²) in [4.78, 5) is 4.97. The molecule has 3 saturated heterocycles. The highest BCUT2D eigenvalue weighted by atomic mass is 32.2. The van der Waals surface area contributed by atoms with Crippen LogP contribution in [0, 0.1) is 0 Å². The zero-order valence-corrected chi connectivity index (χ0v) is 14.5. The molecule has 0 saturated carbocycles. The molecule has 0 aromatic rings. The van der Waals surface area contributed by atoms with Gasteiger partial charge in [-0.2, -0.15) is 11.8 Å². The lowest BCUT2D eigenvalue weighted by Crippen LogP contribution is -2.56. The number of thioether (sulfide) groups is 1. The summed E-state index contributed by atoms with van der Waals surface area (Å²) in [7, 11) is 4.51. The maximum absolute atomic E-state index is 6.19. The first-order valence-electron chi connectivity index (χ1n) is 8.51. The molecule has 2 atom stereocenters. The Morgan fingerprint density at radius 2 is 2.05 bits per heavy atom. The van der Waals surface area contributed by atoms with Gasteiger partial charge in [0.15, 0.2) is 0 Å². The van der Waals surface area contributed by atoms with Crippen molar-refractivity contribution >= 4 is 11.8 Å². The molecule has 0 aliphatic carbocycles. The summed E-state index contributed by atoms with van der Waals surface area (Å²) in [6, 6.07) is 1.31. The quantitative estimate of drug-likeness (QED) is 0.847. The van der Waals surface area contributed by atoms with Gasteiger partial charge < -0.3 is 15.0 Å². The smallest absolute Gasteiger partial charge is 0.0713 e. The monoisotopic (exact) mass is 313 g/mol. The third kappa shape index (κ3) is 4.14. The molecule has 3 fully saturated rings. The number of piperazine rings is 1. The van der Waals surface area contributed by atoms with Crippen molar-refractivity contribution in [3.8, 4) is 0 Å². The Morgan fingerprint density at radius 1 is 1.24 bits per heavy atom. The lowest BCUT2D eigenvalue weighted by Gasteiger charge is -2.44. The first-order chi connectivity index (χ1) is 10.2. The Labute approximate surface area is 134 Å². The Kier molecular flexibility index (Phi) is 5.49. The van der Waals surface area contributed by atoms with Gasteiger partial charge in [0.1, 0.15) is 0 Å². The van der Waals surface area contributed by atoms with E-state index in [-0.39, 0.29) is 5.60 Å². The molecule has 4 nitrogen and oxygen atoms in total. The summed E-state index contributed by atoms with van der Waals surface area (Å²) in [6.45, 7) is 5.65. The number of likely N-dealkylation sites (N-methyl/N-ethyl adjacent to an activating group) is 2. The van der Waals surface area contributed by atoms with Crippen LogP contribution >= 0.6 is 11.8 Å². The second-order valence-corrected chi connectivity index (χ2v) is 8.36. The molecule has 1 N–H and O–H groups in total. The predicted octanol–water partition coefficient (Wildman–Crippen LogP) is 1.27. The van der Waals surface area contributed by atoms with Crippen molar-refractivity contribution in [3.63, 3.8) is 0 Å². The van der Waals surface area contributed by atoms with E-state index >= 15 is 0 Å². The van der Waals surface area contributed by atoms with E-state index in [4.69, 9.17) is 4.74 Å². The van der Waals surface area contributed by atoms with Crippen LogP contribution in [0.4, 0.5) is 0 Å². The molecule has 2 unspecified atom stereocenters. The molecule has 122 valence electrons. The predicted molar refractivity (Wildman–Crippen MR) is 90.2 cm³/mol. The van der Waals surface area contributed by atoms with Gasteiger partial charge in [0.2, 0.25) is 0 Å². The Bertz CT molecular complexity index is 330. The van der Waals surface area contributed by atoms with Crippen molar-refractivity contribution in [1.29, 1.82) is 0 Å². The molecule has 0 bridgehead atoms. The summed E-state index contributed by atoms with van der Waals surface area (Å²) in [5.41, 5.74) is 0.205. The van der Waals surface area contributed by atoms with Crippen molar-refractivity contribution in [2.24, 2.45) is 0 Å². The molecular weight excluding hydrogens is 282 g/mol. The highest BCUT2D eigenvalue weighted by molar-refractivity contribution is 7.99. The minimum atomic E-state index is 0.205. The van der Waals surface area contributed by atoms with Crippen LogP contribution in [-0.4, -0.2) is 85.9 Å². The van der Waals surface area contributed by atoms with E-state index in [2.05, 4.69) is 41.0 Å². The van der Waals surface area contributed by atoms with Crippen LogP contribution in [0.25, 0.3) is 0 Å². The maximum atomic E-state index is 6.19. The van der Waals surface area contributed by atoms with Crippen molar-refractivity contribution in [2.45, 2.75) is 43.4 Å². The van der Waals surface area contributed by atoms with E-state index in [1.807, 2.05) is 0 Å². The van der Waals surface area contributed by atoms with Crippen molar-refractivity contribution in [2.75, 3.05) is 58.4 Å². The lowest BCUT2D eigenvalue weighted by atomic mass is 9.85. The maximum Gasteiger partial charge on any atom is 0.0713 e. The van der Waals surface area contributed by atoms with Gasteiger partial charge in [-0.1, -0.05) is 0 Å². The third-order valence-corrected chi connectivity index (χ3v) is 6.50. The van der Waals surface area contributed by atoms with Crippen LogP contribution in [0.1, 0.15) is 25.7 Å². The van der Waals surface area contributed by atoms with Crippen LogP contribution < -0.4 is 5.32 Å². The number of nitrogens with zero attached hydrogens (tertiary/aromatic N) is 2. The summed E-state index contributed by atoms with van der Waals surface area (Å²) in [5.74, 6) is 2.56. The Hall–Kier alpha value is 0.190. The molecule has 3 aliphatic rings. The average Bonchev–Trinajstić information content (AvgIpc) is 2.49. The SMILES string of the molecule is CN1CCN(C)C(CNC2CCOC3(CCSCC3)C2)C1. The van der Waals surface area contributed by atoms with Crippen LogP contribution in [0.5, 0.6) is 0 Å². The van der Waals surface area contributed by atoms with Gasteiger partial charge in [-0.25, -0.2) is 0 Å². The first kappa shape index (κ1) is 16.1. The Morgan fingerprint density at radius 3 is 2.86 bits per heavy atom. The van der Waals surface area contributed by atoms with Crippen molar-refractivity contribution in [1.82, 2.24) is 15.1 Å². The van der Waals surface area contributed by atoms with Gasteiger partial charge in [-0.15, -0.1) is 0 Å². The average molecular weight is 314 g/mol. The second kappa shape index (κ2) is 7.18. The standard InChI is InChI=1S/C16H31N3OS/c1-18-6-7-19(2)15(13-18)12-17-14-3-8-20-16(11-14)4-9-21-10-5-16/h14-15,17H,3-13H2,1-2H3. The van der Waals surface area contributed by atoms with Crippen LogP contribution in [0.15, 0.2) is 0 Å². The number of ether oxygens (including phenoxy) is 1. The molecular formula is C16H31N3OS. The van der Waals surface area contributed by atoms with Gasteiger partial charge in [-0.05, 0) is 51.3 Å². The molecule has 21 heavy (non-hydrogen) atoms. The molecule has 3 heterocycles. The van der Waals surface area contributed by atoms with Gasteiger partial charge in [0, 0.05) is 44.9 Å². The Balaban J connectivity index is 1.48. The first-order valence-corrected chi connectivity index (χ1v) is 9.66. The molecule has 0 aromatic carbocycles. The van der Waals surface area contributed by atoms with Crippen molar-refractivity contribution in [3.05, 3.63) is 0 Å². The molecule has 5 heteroatoms. The minimum Gasteiger partial charge on any atom is -0.375 e. The van der Waals surface area contributed by atoms with Crippen LogP contribution in [-0.2, 0) is 4.74 Å². The topological polar surface area (TPSA) is 27.7 Å². The molecule has 0 radical (unpaired) electrons. The lowest BCUT2D eigenvalue weighted by molar-refractivity contribution is -0.0937. The fraction of sp³-hybridized carbons (Fsp3) is 1.00. The molecule has 3 rings (SSSR count). The fourth-order valence-electron chi connectivity index (χ4n) is 3.92. The largest absolute Gasteiger partial charge is 0.375 e. The molecule has 0 amide bonds. The molecule has 3 aliphatic heterocycles. The number of rotatable bonds is 3. The second-order valence-electron chi connectivity index (χ2n) is 7.14. The highest BCUT2D eigenvalue weighted by Gasteiger charge is 2.38.